The molecule has 0 N–H and O–H groups in total. The Balaban J connectivity index is 2.19. The summed E-state index contributed by atoms with van der Waals surface area (Å²) in [4.78, 5) is 4.64. The second kappa shape index (κ2) is 5.43. The summed E-state index contributed by atoms with van der Waals surface area (Å²) in [6, 6.07) is 8.13. The molecule has 3 rings (SSSR count). The smallest absolute Gasteiger partial charge is 0.127 e. The zero-order chi connectivity index (χ0) is 14.1. The number of fused-ring (bicyclic) bond motifs is 1. The average molecular weight is 290 g/mol. The monoisotopic (exact) mass is 289 g/mol. The maximum atomic E-state index is 9.09. The molecule has 1 aromatic carbocycles. The van der Waals surface area contributed by atoms with Gasteiger partial charge < -0.3 is 9.30 Å². The first-order valence-electron chi connectivity index (χ1n) is 6.84. The van der Waals surface area contributed by atoms with E-state index < -0.39 is 0 Å². The van der Waals surface area contributed by atoms with Gasteiger partial charge in [0.25, 0.3) is 0 Å². The van der Waals surface area contributed by atoms with Crippen molar-refractivity contribution in [2.75, 3.05) is 13.2 Å². The molecular formula is C15H16ClN3O. The molecule has 0 saturated carbocycles. The van der Waals surface area contributed by atoms with Gasteiger partial charge in [0, 0.05) is 19.3 Å². The largest absolute Gasteiger partial charge is 0.381 e. The molecule has 104 valence electrons. The normalized spacial score (nSPS) is 18.1. The maximum Gasteiger partial charge on any atom is 0.127 e. The SMILES string of the molecule is CC(Cl)c1nc2ccc(C#N)cc2n1C1CCOCC1. The lowest BCUT2D eigenvalue weighted by Crippen LogP contribution is -2.21. The fourth-order valence-electron chi connectivity index (χ4n) is 2.79. The van der Waals surface area contributed by atoms with Gasteiger partial charge in [-0.2, -0.15) is 5.26 Å². The van der Waals surface area contributed by atoms with Crippen molar-refractivity contribution in [1.82, 2.24) is 9.55 Å². The van der Waals surface area contributed by atoms with Gasteiger partial charge in [-0.05, 0) is 38.0 Å². The van der Waals surface area contributed by atoms with E-state index in [1.54, 1.807) is 6.07 Å². The molecule has 0 aliphatic carbocycles. The van der Waals surface area contributed by atoms with Crippen LogP contribution in [0, 0.1) is 11.3 Å². The highest BCUT2D eigenvalue weighted by Gasteiger charge is 2.23. The Bertz CT molecular complexity index is 666. The summed E-state index contributed by atoms with van der Waals surface area (Å²) >= 11 is 6.29. The first-order valence-corrected chi connectivity index (χ1v) is 7.28. The molecule has 20 heavy (non-hydrogen) atoms. The second-order valence-electron chi connectivity index (χ2n) is 5.11. The summed E-state index contributed by atoms with van der Waals surface area (Å²) in [7, 11) is 0. The van der Waals surface area contributed by atoms with E-state index in [4.69, 9.17) is 21.6 Å². The fraction of sp³-hybridized carbons (Fsp3) is 0.467. The Hall–Kier alpha value is -1.57. The molecule has 4 nitrogen and oxygen atoms in total. The minimum Gasteiger partial charge on any atom is -0.381 e. The average Bonchev–Trinajstić information content (AvgIpc) is 2.86. The number of rotatable bonds is 2. The van der Waals surface area contributed by atoms with Crippen molar-refractivity contribution in [1.29, 1.82) is 5.26 Å². The summed E-state index contributed by atoms with van der Waals surface area (Å²) in [6.07, 6.45) is 1.91. The minimum atomic E-state index is -0.157. The third-order valence-corrected chi connectivity index (χ3v) is 3.95. The Morgan fingerprint density at radius 1 is 1.45 bits per heavy atom. The number of nitriles is 1. The van der Waals surface area contributed by atoms with Gasteiger partial charge >= 0.3 is 0 Å². The number of ether oxygens (including phenoxy) is 1. The second-order valence-corrected chi connectivity index (χ2v) is 5.77. The van der Waals surface area contributed by atoms with Crippen LogP contribution in [0.15, 0.2) is 18.2 Å². The lowest BCUT2D eigenvalue weighted by Gasteiger charge is -2.26. The van der Waals surface area contributed by atoms with Gasteiger partial charge in [0.05, 0.1) is 28.0 Å². The van der Waals surface area contributed by atoms with Gasteiger partial charge in [0.1, 0.15) is 5.82 Å². The summed E-state index contributed by atoms with van der Waals surface area (Å²) in [5.74, 6) is 0.878. The van der Waals surface area contributed by atoms with E-state index in [9.17, 15) is 0 Å². The van der Waals surface area contributed by atoms with Gasteiger partial charge in [0.15, 0.2) is 0 Å². The Morgan fingerprint density at radius 3 is 2.85 bits per heavy atom. The Kier molecular flexibility index (Phi) is 3.64. The molecule has 2 heterocycles. The summed E-state index contributed by atoms with van der Waals surface area (Å²) in [5, 5.41) is 8.93. The zero-order valence-corrected chi connectivity index (χ0v) is 12.1. The van der Waals surface area contributed by atoms with Crippen LogP contribution in [0.3, 0.4) is 0 Å². The van der Waals surface area contributed by atoms with E-state index >= 15 is 0 Å². The van der Waals surface area contributed by atoms with Crippen LogP contribution in [0.2, 0.25) is 0 Å². The van der Waals surface area contributed by atoms with Crippen LogP contribution in [0.4, 0.5) is 0 Å². The zero-order valence-electron chi connectivity index (χ0n) is 11.3. The van der Waals surface area contributed by atoms with Gasteiger partial charge in [-0.15, -0.1) is 11.6 Å². The molecule has 1 aliphatic rings. The molecule has 0 amide bonds. The van der Waals surface area contributed by atoms with Crippen molar-refractivity contribution in [3.63, 3.8) is 0 Å². The molecule has 1 saturated heterocycles. The molecule has 1 aromatic heterocycles. The molecule has 2 aromatic rings. The van der Waals surface area contributed by atoms with Crippen molar-refractivity contribution >= 4 is 22.6 Å². The van der Waals surface area contributed by atoms with E-state index in [-0.39, 0.29) is 5.38 Å². The quantitative estimate of drug-likeness (QED) is 0.794. The number of halogens is 1. The number of benzene rings is 1. The molecule has 1 fully saturated rings. The number of alkyl halides is 1. The number of nitrogens with zero attached hydrogens (tertiary/aromatic N) is 3. The van der Waals surface area contributed by atoms with Crippen molar-refractivity contribution in [3.05, 3.63) is 29.6 Å². The third-order valence-electron chi connectivity index (χ3n) is 3.76. The van der Waals surface area contributed by atoms with Crippen LogP contribution in [0.1, 0.15) is 42.6 Å². The molecule has 1 aliphatic heterocycles. The van der Waals surface area contributed by atoms with Gasteiger partial charge in [-0.1, -0.05) is 0 Å². The van der Waals surface area contributed by atoms with Crippen LogP contribution < -0.4 is 0 Å². The highest BCUT2D eigenvalue weighted by Crippen LogP contribution is 2.32. The van der Waals surface area contributed by atoms with E-state index in [2.05, 4.69) is 15.6 Å². The van der Waals surface area contributed by atoms with Crippen molar-refractivity contribution in [2.45, 2.75) is 31.2 Å². The van der Waals surface area contributed by atoms with Gasteiger partial charge in [0.2, 0.25) is 0 Å². The van der Waals surface area contributed by atoms with Crippen LogP contribution in [0.25, 0.3) is 11.0 Å². The molecular weight excluding hydrogens is 274 g/mol. The van der Waals surface area contributed by atoms with E-state index in [0.717, 1.165) is 42.9 Å². The van der Waals surface area contributed by atoms with Crippen LogP contribution >= 0.6 is 11.6 Å². The highest BCUT2D eigenvalue weighted by atomic mass is 35.5. The van der Waals surface area contributed by atoms with E-state index in [1.807, 2.05) is 19.1 Å². The topological polar surface area (TPSA) is 50.8 Å². The first kappa shape index (κ1) is 13.4. The standard InChI is InChI=1S/C15H16ClN3O/c1-10(16)15-18-13-3-2-11(9-17)8-14(13)19(15)12-4-6-20-7-5-12/h2-3,8,10,12H,4-7H2,1H3. The van der Waals surface area contributed by atoms with Gasteiger partial charge in [-0.3, -0.25) is 0 Å². The van der Waals surface area contributed by atoms with Crippen LogP contribution in [0.5, 0.6) is 0 Å². The molecule has 0 radical (unpaired) electrons. The predicted molar refractivity (Wildman–Crippen MR) is 77.8 cm³/mol. The molecule has 1 unspecified atom stereocenters. The van der Waals surface area contributed by atoms with Crippen molar-refractivity contribution < 1.29 is 4.74 Å². The van der Waals surface area contributed by atoms with E-state index in [0.29, 0.717) is 11.6 Å². The molecule has 0 spiro atoms. The van der Waals surface area contributed by atoms with Crippen molar-refractivity contribution in [3.8, 4) is 6.07 Å². The number of imidazole rings is 1. The number of hydrogen-bond donors (Lipinski definition) is 0. The molecule has 1 atom stereocenters. The highest BCUT2D eigenvalue weighted by molar-refractivity contribution is 6.20. The maximum absolute atomic E-state index is 9.09. The van der Waals surface area contributed by atoms with Gasteiger partial charge in [-0.25, -0.2) is 4.98 Å². The predicted octanol–water partition coefficient (Wildman–Crippen LogP) is 3.56. The Labute approximate surface area is 122 Å². The Morgan fingerprint density at radius 2 is 2.20 bits per heavy atom. The molecule has 0 bridgehead atoms. The number of hydrogen-bond acceptors (Lipinski definition) is 3. The minimum absolute atomic E-state index is 0.157. The van der Waals surface area contributed by atoms with Crippen LogP contribution in [-0.2, 0) is 4.74 Å². The lowest BCUT2D eigenvalue weighted by atomic mass is 10.1. The molecule has 5 heteroatoms. The number of aromatic nitrogens is 2. The first-order chi connectivity index (χ1) is 9.70. The summed E-state index contributed by atoms with van der Waals surface area (Å²) in [5.41, 5.74) is 2.55. The fourth-order valence-corrected chi connectivity index (χ4v) is 2.94. The van der Waals surface area contributed by atoms with Crippen molar-refractivity contribution in [2.24, 2.45) is 0 Å². The van der Waals surface area contributed by atoms with E-state index in [1.165, 1.54) is 0 Å². The lowest BCUT2D eigenvalue weighted by molar-refractivity contribution is 0.0698. The van der Waals surface area contributed by atoms with Crippen LogP contribution in [-0.4, -0.2) is 22.8 Å². The summed E-state index contributed by atoms with van der Waals surface area (Å²) in [6.45, 7) is 3.46. The summed E-state index contributed by atoms with van der Waals surface area (Å²) < 4.78 is 7.64. The third kappa shape index (κ3) is 2.28.